The van der Waals surface area contributed by atoms with E-state index >= 15 is 0 Å². The summed E-state index contributed by atoms with van der Waals surface area (Å²) in [7, 11) is 0. The van der Waals surface area contributed by atoms with E-state index in [-0.39, 0.29) is 18.1 Å². The molecular formula is C19H24N4O3. The molecule has 4 rings (SSSR count). The Morgan fingerprint density at radius 1 is 1.46 bits per heavy atom. The van der Waals surface area contributed by atoms with Gasteiger partial charge in [0, 0.05) is 38.1 Å². The van der Waals surface area contributed by atoms with Gasteiger partial charge in [0.15, 0.2) is 0 Å². The van der Waals surface area contributed by atoms with Gasteiger partial charge in [-0.2, -0.15) is 0 Å². The number of carbonyl (C=O) groups excluding carboxylic acids is 1. The number of nitrogens with zero attached hydrogens (tertiary/aromatic N) is 3. The first-order valence-electron chi connectivity index (χ1n) is 9.14. The maximum atomic E-state index is 12.4. The highest BCUT2D eigenvalue weighted by atomic mass is 16.5. The summed E-state index contributed by atoms with van der Waals surface area (Å²) in [5.74, 6) is 1.26. The van der Waals surface area contributed by atoms with E-state index in [1.54, 1.807) is 12.4 Å². The van der Waals surface area contributed by atoms with E-state index in [9.17, 15) is 4.79 Å². The quantitative estimate of drug-likeness (QED) is 0.878. The number of pyridine rings is 1. The Morgan fingerprint density at radius 3 is 3.15 bits per heavy atom. The van der Waals surface area contributed by atoms with E-state index in [0.717, 1.165) is 49.5 Å². The van der Waals surface area contributed by atoms with Crippen LogP contribution in [0.15, 0.2) is 35.1 Å². The molecule has 0 spiro atoms. The molecule has 0 unspecified atom stereocenters. The van der Waals surface area contributed by atoms with Crippen molar-refractivity contribution in [2.75, 3.05) is 13.1 Å². The molecule has 2 aliphatic heterocycles. The second kappa shape index (κ2) is 7.55. The summed E-state index contributed by atoms with van der Waals surface area (Å²) in [6.07, 6.45) is 5.11. The third kappa shape index (κ3) is 3.94. The molecule has 0 bridgehead atoms. The van der Waals surface area contributed by atoms with Crippen LogP contribution in [-0.4, -0.2) is 46.2 Å². The van der Waals surface area contributed by atoms with Crippen molar-refractivity contribution in [3.05, 3.63) is 47.6 Å². The van der Waals surface area contributed by atoms with E-state index in [2.05, 4.69) is 20.4 Å². The minimum absolute atomic E-state index is 0.0260. The lowest BCUT2D eigenvalue weighted by Gasteiger charge is -2.33. The van der Waals surface area contributed by atoms with Crippen molar-refractivity contribution >= 4 is 5.91 Å². The lowest BCUT2D eigenvalue weighted by molar-refractivity contribution is -0.133. The minimum atomic E-state index is -0.351. The highest BCUT2D eigenvalue weighted by Crippen LogP contribution is 2.33. The predicted octanol–water partition coefficient (Wildman–Crippen LogP) is 1.67. The fraction of sp³-hybridized carbons (Fsp3) is 0.526. The summed E-state index contributed by atoms with van der Waals surface area (Å²) in [6.45, 7) is 4.99. The molecular weight excluding hydrogens is 332 g/mol. The van der Waals surface area contributed by atoms with E-state index in [1.807, 2.05) is 25.1 Å². The Balaban J connectivity index is 1.28. The molecule has 3 atom stereocenters. The van der Waals surface area contributed by atoms with Crippen LogP contribution in [0, 0.1) is 12.8 Å². The van der Waals surface area contributed by atoms with Gasteiger partial charge < -0.3 is 14.6 Å². The Bertz CT molecular complexity index is 748. The normalized spacial score (nSPS) is 25.8. The number of likely N-dealkylation sites (tertiary alicyclic amines) is 1. The molecule has 4 heterocycles. The van der Waals surface area contributed by atoms with Crippen molar-refractivity contribution in [1.82, 2.24) is 20.4 Å². The second-order valence-electron chi connectivity index (χ2n) is 7.19. The summed E-state index contributed by atoms with van der Waals surface area (Å²) in [5.41, 5.74) is 1.94. The van der Waals surface area contributed by atoms with Crippen LogP contribution in [0.4, 0.5) is 0 Å². The van der Waals surface area contributed by atoms with Crippen LogP contribution in [0.2, 0.25) is 0 Å². The van der Waals surface area contributed by atoms with Gasteiger partial charge in [0.2, 0.25) is 5.91 Å². The molecule has 1 N–H and O–H groups in total. The first-order chi connectivity index (χ1) is 12.7. The molecule has 138 valence electrons. The van der Waals surface area contributed by atoms with Crippen LogP contribution < -0.4 is 5.32 Å². The fourth-order valence-corrected chi connectivity index (χ4v) is 3.83. The average molecular weight is 356 g/mol. The smallest absolute Gasteiger partial charge is 0.249 e. The van der Waals surface area contributed by atoms with Gasteiger partial charge in [0.1, 0.15) is 11.9 Å². The number of ether oxygens (including phenoxy) is 1. The molecule has 26 heavy (non-hydrogen) atoms. The van der Waals surface area contributed by atoms with Gasteiger partial charge in [0.05, 0.1) is 11.8 Å². The molecule has 7 nitrogen and oxygen atoms in total. The standard InChI is InChI=1S/C19H24N4O3/c1-13-7-16(22-26-13)11-23-6-4-15-8-17(25-18(15)12-23)19(24)21-10-14-3-2-5-20-9-14/h2-3,5,7,9,15,17-18H,4,6,8,10-12H2,1H3,(H,21,24)/t15-,17-,18+/m0/s1. The van der Waals surface area contributed by atoms with Gasteiger partial charge in [0.25, 0.3) is 0 Å². The first kappa shape index (κ1) is 17.2. The SMILES string of the molecule is Cc1cc(CN2CC[C@H]3C[C@@H](C(=O)NCc4cccnc4)O[C@@H]3C2)no1. The summed E-state index contributed by atoms with van der Waals surface area (Å²) >= 11 is 0. The van der Waals surface area contributed by atoms with Crippen LogP contribution in [0.25, 0.3) is 0 Å². The zero-order chi connectivity index (χ0) is 17.9. The second-order valence-corrected chi connectivity index (χ2v) is 7.19. The number of nitrogens with one attached hydrogen (secondary N) is 1. The topological polar surface area (TPSA) is 80.5 Å². The molecule has 0 aliphatic carbocycles. The van der Waals surface area contributed by atoms with Gasteiger partial charge in [-0.25, -0.2) is 0 Å². The van der Waals surface area contributed by atoms with E-state index in [0.29, 0.717) is 12.5 Å². The molecule has 0 saturated carbocycles. The lowest BCUT2D eigenvalue weighted by atomic mass is 9.91. The summed E-state index contributed by atoms with van der Waals surface area (Å²) in [6, 6.07) is 5.79. The molecule has 1 amide bonds. The zero-order valence-corrected chi connectivity index (χ0v) is 14.9. The number of hydrogen-bond donors (Lipinski definition) is 1. The zero-order valence-electron chi connectivity index (χ0n) is 14.9. The van der Waals surface area contributed by atoms with Gasteiger partial charge in [-0.15, -0.1) is 0 Å². The van der Waals surface area contributed by atoms with Crippen molar-refractivity contribution in [1.29, 1.82) is 0 Å². The monoisotopic (exact) mass is 356 g/mol. The van der Waals surface area contributed by atoms with Crippen molar-refractivity contribution in [2.45, 2.75) is 45.1 Å². The fourth-order valence-electron chi connectivity index (χ4n) is 3.83. The largest absolute Gasteiger partial charge is 0.364 e. The molecule has 2 aromatic heterocycles. The van der Waals surface area contributed by atoms with E-state index in [4.69, 9.17) is 9.26 Å². The van der Waals surface area contributed by atoms with Crippen LogP contribution in [-0.2, 0) is 22.6 Å². The number of carbonyl (C=O) groups is 1. The number of aryl methyl sites for hydroxylation is 1. The Kier molecular flexibility index (Phi) is 4.99. The van der Waals surface area contributed by atoms with Gasteiger partial charge in [-0.1, -0.05) is 11.2 Å². The number of piperidine rings is 1. The Labute approximate surface area is 152 Å². The third-order valence-electron chi connectivity index (χ3n) is 5.18. The van der Waals surface area contributed by atoms with Gasteiger partial charge in [-0.05, 0) is 43.9 Å². The van der Waals surface area contributed by atoms with Crippen molar-refractivity contribution in [3.8, 4) is 0 Å². The van der Waals surface area contributed by atoms with E-state index < -0.39 is 0 Å². The number of rotatable bonds is 5. The Hall–Kier alpha value is -2.25. The van der Waals surface area contributed by atoms with Crippen molar-refractivity contribution < 1.29 is 14.1 Å². The van der Waals surface area contributed by atoms with Gasteiger partial charge in [-0.3, -0.25) is 14.7 Å². The molecule has 7 heteroatoms. The summed E-state index contributed by atoms with van der Waals surface area (Å²) in [4.78, 5) is 18.8. The molecule has 0 radical (unpaired) electrons. The number of aromatic nitrogens is 2. The predicted molar refractivity (Wildman–Crippen MR) is 94.0 cm³/mol. The summed E-state index contributed by atoms with van der Waals surface area (Å²) in [5, 5.41) is 7.03. The highest BCUT2D eigenvalue weighted by molar-refractivity contribution is 5.81. The third-order valence-corrected chi connectivity index (χ3v) is 5.18. The number of fused-ring (bicyclic) bond motifs is 1. The number of amides is 1. The molecule has 2 fully saturated rings. The molecule has 2 aromatic rings. The maximum Gasteiger partial charge on any atom is 0.249 e. The molecule has 2 aliphatic rings. The minimum Gasteiger partial charge on any atom is -0.364 e. The van der Waals surface area contributed by atoms with Crippen LogP contribution >= 0.6 is 0 Å². The summed E-state index contributed by atoms with van der Waals surface area (Å²) < 4.78 is 11.2. The highest BCUT2D eigenvalue weighted by Gasteiger charge is 2.41. The number of hydrogen-bond acceptors (Lipinski definition) is 6. The Morgan fingerprint density at radius 2 is 2.38 bits per heavy atom. The van der Waals surface area contributed by atoms with Crippen LogP contribution in [0.1, 0.15) is 29.9 Å². The maximum absolute atomic E-state index is 12.4. The van der Waals surface area contributed by atoms with Crippen molar-refractivity contribution in [3.63, 3.8) is 0 Å². The van der Waals surface area contributed by atoms with E-state index in [1.165, 1.54) is 0 Å². The van der Waals surface area contributed by atoms with Gasteiger partial charge >= 0.3 is 0 Å². The van der Waals surface area contributed by atoms with Crippen LogP contribution in [0.3, 0.4) is 0 Å². The average Bonchev–Trinajstić information content (AvgIpc) is 3.26. The molecule has 0 aromatic carbocycles. The van der Waals surface area contributed by atoms with Crippen LogP contribution in [0.5, 0.6) is 0 Å². The molecule has 2 saturated heterocycles. The first-order valence-corrected chi connectivity index (χ1v) is 9.14. The van der Waals surface area contributed by atoms with Crippen molar-refractivity contribution in [2.24, 2.45) is 5.92 Å². The lowest BCUT2D eigenvalue weighted by Crippen LogP contribution is -2.42.